The Morgan fingerprint density at radius 2 is 2.20 bits per heavy atom. The Balaban J connectivity index is 2.19. The van der Waals surface area contributed by atoms with Gasteiger partial charge in [-0.1, -0.05) is 17.7 Å². The van der Waals surface area contributed by atoms with Crippen LogP contribution in [-0.2, 0) is 0 Å². The van der Waals surface area contributed by atoms with Crippen LogP contribution in [0.5, 0.6) is 0 Å². The summed E-state index contributed by atoms with van der Waals surface area (Å²) in [6.45, 7) is 2.77. The summed E-state index contributed by atoms with van der Waals surface area (Å²) in [5.74, 6) is -0.285. The molecule has 1 aromatic carbocycles. The molecule has 0 saturated heterocycles. The first kappa shape index (κ1) is 14.8. The third-order valence-corrected chi connectivity index (χ3v) is 3.97. The van der Waals surface area contributed by atoms with Crippen molar-refractivity contribution in [3.63, 3.8) is 0 Å². The van der Waals surface area contributed by atoms with E-state index in [2.05, 4.69) is 31.5 Å². The van der Waals surface area contributed by atoms with Gasteiger partial charge in [0.1, 0.15) is 5.69 Å². The molecule has 0 saturated carbocycles. The minimum atomic E-state index is -0.285. The highest BCUT2D eigenvalue weighted by Gasteiger charge is 2.11. The molecule has 2 rings (SSSR count). The molecule has 1 aromatic heterocycles. The smallest absolute Gasteiger partial charge is 0.274 e. The number of pyridine rings is 1. The molecule has 1 heterocycles. The monoisotopic (exact) mass is 353 g/mol. The molecule has 0 fully saturated rings. The number of carbonyl (C=O) groups is 1. The Labute approximate surface area is 130 Å². The van der Waals surface area contributed by atoms with E-state index in [1.54, 1.807) is 30.5 Å². The van der Waals surface area contributed by atoms with Crippen molar-refractivity contribution in [3.05, 3.63) is 51.7 Å². The highest BCUT2D eigenvalue weighted by Crippen LogP contribution is 2.30. The minimum Gasteiger partial charge on any atom is -0.385 e. The third kappa shape index (κ3) is 3.49. The summed E-state index contributed by atoms with van der Waals surface area (Å²) >= 11 is 9.33. The summed E-state index contributed by atoms with van der Waals surface area (Å²) in [5, 5.41) is 6.45. The van der Waals surface area contributed by atoms with E-state index >= 15 is 0 Å². The Morgan fingerprint density at radius 3 is 2.95 bits per heavy atom. The predicted octanol–water partition coefficient (Wildman–Crippen LogP) is 4.18. The maximum Gasteiger partial charge on any atom is 0.274 e. The molecule has 20 heavy (non-hydrogen) atoms. The van der Waals surface area contributed by atoms with Gasteiger partial charge in [-0.2, -0.15) is 0 Å². The number of benzene rings is 1. The minimum absolute atomic E-state index is 0.285. The van der Waals surface area contributed by atoms with Gasteiger partial charge in [-0.05, 0) is 47.1 Å². The van der Waals surface area contributed by atoms with Crippen LogP contribution >= 0.6 is 27.5 Å². The number of hydrogen-bond acceptors (Lipinski definition) is 3. The molecule has 104 valence electrons. The van der Waals surface area contributed by atoms with Gasteiger partial charge in [0.2, 0.25) is 0 Å². The van der Waals surface area contributed by atoms with Crippen LogP contribution in [0.15, 0.2) is 41.0 Å². The number of anilines is 2. The van der Waals surface area contributed by atoms with Crippen LogP contribution < -0.4 is 10.6 Å². The van der Waals surface area contributed by atoms with Gasteiger partial charge in [0, 0.05) is 18.4 Å². The molecule has 0 unspecified atom stereocenters. The Hall–Kier alpha value is -1.59. The Morgan fingerprint density at radius 1 is 1.40 bits per heavy atom. The summed E-state index contributed by atoms with van der Waals surface area (Å²) in [6, 6.07) is 8.80. The second-order valence-corrected chi connectivity index (χ2v) is 5.22. The SMILES string of the molecule is CCNc1ccnc(C(=O)Nc2cccc(Cl)c2Br)c1. The summed E-state index contributed by atoms with van der Waals surface area (Å²) in [5.41, 5.74) is 1.81. The largest absolute Gasteiger partial charge is 0.385 e. The highest BCUT2D eigenvalue weighted by atomic mass is 79.9. The fraction of sp³-hybridized carbons (Fsp3) is 0.143. The molecule has 6 heteroatoms. The number of carbonyl (C=O) groups excluding carboxylic acids is 1. The lowest BCUT2D eigenvalue weighted by molar-refractivity contribution is 0.102. The first-order chi connectivity index (χ1) is 9.61. The molecule has 2 N–H and O–H groups in total. The Kier molecular flexibility index (Phi) is 4.98. The lowest BCUT2D eigenvalue weighted by Gasteiger charge is -2.09. The quantitative estimate of drug-likeness (QED) is 0.866. The van der Waals surface area contributed by atoms with E-state index in [4.69, 9.17) is 11.6 Å². The normalized spacial score (nSPS) is 10.2. The second-order valence-electron chi connectivity index (χ2n) is 4.02. The number of nitrogens with zero attached hydrogens (tertiary/aromatic N) is 1. The van der Waals surface area contributed by atoms with E-state index in [1.165, 1.54) is 0 Å². The summed E-state index contributed by atoms with van der Waals surface area (Å²) in [4.78, 5) is 16.2. The first-order valence-electron chi connectivity index (χ1n) is 6.07. The standard InChI is InChI=1S/C14H13BrClN3O/c1-2-17-9-6-7-18-12(8-9)14(20)19-11-5-3-4-10(16)13(11)15/h3-8H,2H2,1H3,(H,17,18)(H,19,20). The van der Waals surface area contributed by atoms with Crippen molar-refractivity contribution < 1.29 is 4.79 Å². The van der Waals surface area contributed by atoms with Crippen LogP contribution in [0, 0.1) is 0 Å². The maximum absolute atomic E-state index is 12.2. The van der Waals surface area contributed by atoms with Gasteiger partial charge in [-0.15, -0.1) is 0 Å². The van der Waals surface area contributed by atoms with Crippen LogP contribution in [0.3, 0.4) is 0 Å². The molecule has 0 radical (unpaired) electrons. The number of hydrogen-bond donors (Lipinski definition) is 2. The maximum atomic E-state index is 12.2. The number of aromatic nitrogens is 1. The van der Waals surface area contributed by atoms with E-state index in [1.807, 2.05) is 13.0 Å². The first-order valence-corrected chi connectivity index (χ1v) is 7.24. The number of nitrogens with one attached hydrogen (secondary N) is 2. The van der Waals surface area contributed by atoms with Crippen molar-refractivity contribution in [1.29, 1.82) is 0 Å². The predicted molar refractivity (Wildman–Crippen MR) is 85.5 cm³/mol. The van der Waals surface area contributed by atoms with Crippen molar-refractivity contribution in [2.45, 2.75) is 6.92 Å². The average Bonchev–Trinajstić information content (AvgIpc) is 2.44. The lowest BCUT2D eigenvalue weighted by Crippen LogP contribution is -2.14. The number of amides is 1. The average molecular weight is 355 g/mol. The van der Waals surface area contributed by atoms with E-state index < -0.39 is 0 Å². The van der Waals surface area contributed by atoms with Gasteiger partial charge in [-0.3, -0.25) is 9.78 Å². The van der Waals surface area contributed by atoms with Crippen LogP contribution in [0.4, 0.5) is 11.4 Å². The van der Waals surface area contributed by atoms with Gasteiger partial charge in [0.15, 0.2) is 0 Å². The zero-order chi connectivity index (χ0) is 14.5. The molecule has 2 aromatic rings. The molecule has 1 amide bonds. The fourth-order valence-electron chi connectivity index (χ4n) is 1.66. The van der Waals surface area contributed by atoms with Crippen molar-refractivity contribution in [2.75, 3.05) is 17.2 Å². The van der Waals surface area contributed by atoms with Gasteiger partial charge < -0.3 is 10.6 Å². The summed E-state index contributed by atoms with van der Waals surface area (Å²) in [6.07, 6.45) is 1.60. The molecular weight excluding hydrogens is 342 g/mol. The fourth-order valence-corrected chi connectivity index (χ4v) is 2.19. The summed E-state index contributed by atoms with van der Waals surface area (Å²) < 4.78 is 0.651. The van der Waals surface area contributed by atoms with Crippen molar-refractivity contribution in [1.82, 2.24) is 4.98 Å². The third-order valence-electron chi connectivity index (χ3n) is 2.57. The van der Waals surface area contributed by atoms with Gasteiger partial charge in [0.25, 0.3) is 5.91 Å². The second kappa shape index (κ2) is 6.72. The van der Waals surface area contributed by atoms with Crippen molar-refractivity contribution in [3.8, 4) is 0 Å². The zero-order valence-electron chi connectivity index (χ0n) is 10.8. The molecule has 0 atom stereocenters. The van der Waals surface area contributed by atoms with Gasteiger partial charge >= 0.3 is 0 Å². The van der Waals surface area contributed by atoms with E-state index in [-0.39, 0.29) is 5.91 Å². The van der Waals surface area contributed by atoms with E-state index in [0.29, 0.717) is 20.9 Å². The lowest BCUT2D eigenvalue weighted by atomic mass is 10.2. The number of halogens is 2. The van der Waals surface area contributed by atoms with Gasteiger partial charge in [0.05, 0.1) is 15.2 Å². The van der Waals surface area contributed by atoms with Crippen LogP contribution in [-0.4, -0.2) is 17.4 Å². The molecule has 4 nitrogen and oxygen atoms in total. The van der Waals surface area contributed by atoms with E-state index in [9.17, 15) is 4.79 Å². The number of rotatable bonds is 4. The van der Waals surface area contributed by atoms with E-state index in [0.717, 1.165) is 12.2 Å². The zero-order valence-corrected chi connectivity index (χ0v) is 13.1. The Bertz CT molecular complexity index is 634. The molecule has 0 aliphatic carbocycles. The van der Waals surface area contributed by atoms with Crippen LogP contribution in [0.25, 0.3) is 0 Å². The topological polar surface area (TPSA) is 54.0 Å². The van der Waals surface area contributed by atoms with Crippen molar-refractivity contribution >= 4 is 44.8 Å². The van der Waals surface area contributed by atoms with Crippen LogP contribution in [0.2, 0.25) is 5.02 Å². The van der Waals surface area contributed by atoms with Crippen LogP contribution in [0.1, 0.15) is 17.4 Å². The van der Waals surface area contributed by atoms with Gasteiger partial charge in [-0.25, -0.2) is 0 Å². The highest BCUT2D eigenvalue weighted by molar-refractivity contribution is 9.10. The molecule has 0 aliphatic heterocycles. The summed E-state index contributed by atoms with van der Waals surface area (Å²) in [7, 11) is 0. The van der Waals surface area contributed by atoms with Crippen molar-refractivity contribution in [2.24, 2.45) is 0 Å². The molecular formula is C14H13BrClN3O. The molecule has 0 bridgehead atoms. The molecule has 0 spiro atoms. The molecule has 0 aliphatic rings.